The van der Waals surface area contributed by atoms with Crippen molar-refractivity contribution in [2.24, 2.45) is 0 Å². The van der Waals surface area contributed by atoms with Crippen molar-refractivity contribution < 1.29 is 22.8 Å². The molecule has 2 amide bonds. The molecule has 2 aliphatic heterocycles. The van der Waals surface area contributed by atoms with Crippen LogP contribution in [0.15, 0.2) is 53.4 Å². The molecule has 1 saturated heterocycles. The number of nitrogens with zero attached hydrogens (tertiary/aromatic N) is 2. The summed E-state index contributed by atoms with van der Waals surface area (Å²) in [5.41, 5.74) is 0.439. The van der Waals surface area contributed by atoms with Gasteiger partial charge in [-0.1, -0.05) is 18.2 Å². The lowest BCUT2D eigenvalue weighted by molar-refractivity contribution is -0.137. The van der Waals surface area contributed by atoms with Crippen molar-refractivity contribution in [1.82, 2.24) is 4.90 Å². The van der Waals surface area contributed by atoms with Gasteiger partial charge in [-0.05, 0) is 30.3 Å². The predicted molar refractivity (Wildman–Crippen MR) is 110 cm³/mol. The van der Waals surface area contributed by atoms with Crippen molar-refractivity contribution >= 4 is 35.0 Å². The normalized spacial score (nSPS) is 19.3. The number of amides is 2. The molecule has 5 nitrogen and oxygen atoms in total. The summed E-state index contributed by atoms with van der Waals surface area (Å²) in [6.45, 7) is 2.56. The third-order valence-electron chi connectivity index (χ3n) is 5.24. The first-order valence-electron chi connectivity index (χ1n) is 9.58. The molecule has 0 aliphatic carbocycles. The van der Waals surface area contributed by atoms with Crippen molar-refractivity contribution in [3.05, 3.63) is 54.1 Å². The number of thioether (sulfide) groups is 1. The molecule has 1 unspecified atom stereocenters. The molecule has 0 aromatic heterocycles. The highest BCUT2D eigenvalue weighted by Gasteiger charge is 2.35. The van der Waals surface area contributed by atoms with E-state index in [-0.39, 0.29) is 18.0 Å². The lowest BCUT2D eigenvalue weighted by Gasteiger charge is -2.36. The SMILES string of the molecule is O=C1Nc2cc(C(F)(F)F)ccc2SC1CC(=O)N1CCN(c2ccccc2)CC1. The van der Waals surface area contributed by atoms with E-state index >= 15 is 0 Å². The molecule has 2 aromatic carbocycles. The topological polar surface area (TPSA) is 52.7 Å². The number of hydrogen-bond acceptors (Lipinski definition) is 4. The summed E-state index contributed by atoms with van der Waals surface area (Å²) < 4.78 is 38.6. The molecule has 4 rings (SSSR count). The Balaban J connectivity index is 1.36. The third kappa shape index (κ3) is 4.40. The van der Waals surface area contributed by atoms with Gasteiger partial charge >= 0.3 is 6.18 Å². The molecule has 0 saturated carbocycles. The number of carbonyl (C=O) groups is 2. The number of halogens is 3. The van der Waals surface area contributed by atoms with Crippen molar-refractivity contribution in [1.29, 1.82) is 0 Å². The number of rotatable bonds is 3. The fourth-order valence-corrected chi connectivity index (χ4v) is 4.68. The molecule has 1 N–H and O–H groups in total. The van der Waals surface area contributed by atoms with Gasteiger partial charge in [0.15, 0.2) is 0 Å². The molecule has 30 heavy (non-hydrogen) atoms. The summed E-state index contributed by atoms with van der Waals surface area (Å²) in [6.07, 6.45) is -4.46. The zero-order valence-corrected chi connectivity index (χ0v) is 16.8. The highest BCUT2D eigenvalue weighted by Crippen LogP contribution is 2.40. The van der Waals surface area contributed by atoms with E-state index in [1.54, 1.807) is 4.90 Å². The van der Waals surface area contributed by atoms with Gasteiger partial charge in [-0.15, -0.1) is 11.8 Å². The number of fused-ring (bicyclic) bond motifs is 1. The maximum atomic E-state index is 12.9. The van der Waals surface area contributed by atoms with Gasteiger partial charge in [-0.2, -0.15) is 13.2 Å². The Morgan fingerprint density at radius 1 is 1.07 bits per heavy atom. The minimum absolute atomic E-state index is 0.0162. The fraction of sp³-hybridized carbons (Fsp3) is 0.333. The average molecular weight is 435 g/mol. The van der Waals surface area contributed by atoms with E-state index in [0.717, 1.165) is 29.6 Å². The highest BCUT2D eigenvalue weighted by atomic mass is 32.2. The van der Waals surface area contributed by atoms with Crippen LogP contribution in [0.4, 0.5) is 24.5 Å². The summed E-state index contributed by atoms with van der Waals surface area (Å²) >= 11 is 1.14. The first-order valence-corrected chi connectivity index (χ1v) is 10.5. The standard InChI is InChI=1S/C21H20F3N3O2S/c22-21(23,24)14-6-7-17-16(12-14)25-20(29)18(30-17)13-19(28)27-10-8-26(9-11-27)15-4-2-1-3-5-15/h1-7,12,18H,8-11,13H2,(H,25,29). The van der Waals surface area contributed by atoms with Crippen LogP contribution in [0.5, 0.6) is 0 Å². The first kappa shape index (κ1) is 20.6. The van der Waals surface area contributed by atoms with Crippen LogP contribution in [-0.4, -0.2) is 48.1 Å². The number of nitrogens with one attached hydrogen (secondary N) is 1. The summed E-state index contributed by atoms with van der Waals surface area (Å²) in [7, 11) is 0. The molecule has 0 bridgehead atoms. The zero-order valence-electron chi connectivity index (χ0n) is 16.0. The number of para-hydroxylation sites is 1. The number of piperazine rings is 1. The Labute approximate surface area is 176 Å². The molecule has 0 spiro atoms. The monoisotopic (exact) mass is 435 g/mol. The van der Waals surface area contributed by atoms with Gasteiger partial charge in [0.05, 0.1) is 16.5 Å². The van der Waals surface area contributed by atoms with E-state index in [4.69, 9.17) is 0 Å². The van der Waals surface area contributed by atoms with Crippen molar-refractivity contribution in [3.8, 4) is 0 Å². The van der Waals surface area contributed by atoms with Gasteiger partial charge in [0.2, 0.25) is 11.8 Å². The summed E-state index contributed by atoms with van der Waals surface area (Å²) in [6, 6.07) is 13.2. The van der Waals surface area contributed by atoms with E-state index in [1.807, 2.05) is 30.3 Å². The third-order valence-corrected chi connectivity index (χ3v) is 6.52. The maximum Gasteiger partial charge on any atom is 0.416 e. The number of benzene rings is 2. The van der Waals surface area contributed by atoms with Gasteiger partial charge in [0.25, 0.3) is 0 Å². The van der Waals surface area contributed by atoms with Gasteiger partial charge in [0, 0.05) is 43.2 Å². The Kier molecular flexibility index (Phi) is 5.64. The molecular formula is C21H20F3N3O2S. The Hall–Kier alpha value is -2.68. The second kappa shape index (κ2) is 8.22. The van der Waals surface area contributed by atoms with Crippen LogP contribution in [0.1, 0.15) is 12.0 Å². The maximum absolute atomic E-state index is 12.9. The second-order valence-corrected chi connectivity index (χ2v) is 8.46. The van der Waals surface area contributed by atoms with Crippen LogP contribution in [0.3, 0.4) is 0 Å². The molecule has 1 atom stereocenters. The quantitative estimate of drug-likeness (QED) is 0.796. The average Bonchev–Trinajstić information content (AvgIpc) is 2.74. The van der Waals surface area contributed by atoms with E-state index in [0.29, 0.717) is 31.1 Å². The molecule has 2 aromatic rings. The lowest BCUT2D eigenvalue weighted by Crippen LogP contribution is -2.49. The highest BCUT2D eigenvalue weighted by molar-refractivity contribution is 8.01. The Morgan fingerprint density at radius 2 is 1.77 bits per heavy atom. The largest absolute Gasteiger partial charge is 0.416 e. The number of hydrogen-bond donors (Lipinski definition) is 1. The number of anilines is 2. The van der Waals surface area contributed by atoms with Crippen LogP contribution in [0.25, 0.3) is 0 Å². The first-order chi connectivity index (χ1) is 14.3. The smallest absolute Gasteiger partial charge is 0.368 e. The van der Waals surface area contributed by atoms with Gasteiger partial charge in [-0.25, -0.2) is 0 Å². The van der Waals surface area contributed by atoms with E-state index in [9.17, 15) is 22.8 Å². The zero-order chi connectivity index (χ0) is 21.3. The van der Waals surface area contributed by atoms with Gasteiger partial charge in [0.1, 0.15) is 0 Å². The molecule has 1 fully saturated rings. The predicted octanol–water partition coefficient (Wildman–Crippen LogP) is 3.86. The van der Waals surface area contributed by atoms with Gasteiger partial charge < -0.3 is 15.1 Å². The van der Waals surface area contributed by atoms with Crippen LogP contribution < -0.4 is 10.2 Å². The summed E-state index contributed by atoms with van der Waals surface area (Å²) in [5.74, 6) is -0.561. The number of alkyl halides is 3. The minimum atomic E-state index is -4.47. The van der Waals surface area contributed by atoms with Crippen LogP contribution in [0, 0.1) is 0 Å². The van der Waals surface area contributed by atoms with Crippen molar-refractivity contribution in [2.75, 3.05) is 36.4 Å². The molecule has 2 aliphatic rings. The Morgan fingerprint density at radius 3 is 2.43 bits per heavy atom. The Bertz CT molecular complexity index is 944. The van der Waals surface area contributed by atoms with E-state index in [2.05, 4.69) is 10.2 Å². The van der Waals surface area contributed by atoms with Gasteiger partial charge in [-0.3, -0.25) is 9.59 Å². The van der Waals surface area contributed by atoms with Crippen molar-refractivity contribution in [2.45, 2.75) is 22.7 Å². The van der Waals surface area contributed by atoms with Crippen LogP contribution >= 0.6 is 11.8 Å². The van der Waals surface area contributed by atoms with E-state index in [1.165, 1.54) is 6.07 Å². The fourth-order valence-electron chi connectivity index (χ4n) is 3.60. The van der Waals surface area contributed by atoms with Crippen LogP contribution in [0.2, 0.25) is 0 Å². The molecule has 9 heteroatoms. The number of carbonyl (C=O) groups excluding carboxylic acids is 2. The van der Waals surface area contributed by atoms with Crippen molar-refractivity contribution in [3.63, 3.8) is 0 Å². The molecule has 158 valence electrons. The summed E-state index contributed by atoms with van der Waals surface area (Å²) in [4.78, 5) is 29.6. The lowest BCUT2D eigenvalue weighted by atomic mass is 10.1. The minimum Gasteiger partial charge on any atom is -0.368 e. The molecule has 0 radical (unpaired) electrons. The molecular weight excluding hydrogens is 415 g/mol. The molecule has 2 heterocycles. The van der Waals surface area contributed by atoms with Crippen LogP contribution in [-0.2, 0) is 15.8 Å². The summed E-state index contributed by atoms with van der Waals surface area (Å²) in [5, 5.41) is 1.86. The van der Waals surface area contributed by atoms with E-state index < -0.39 is 22.9 Å². The second-order valence-electron chi connectivity index (χ2n) is 7.21.